The van der Waals surface area contributed by atoms with E-state index < -0.39 is 23.1 Å². The maximum absolute atomic E-state index is 13.9. The molecule has 1 amide bonds. The standard InChI is InChI=1S/C18H17F2NO2/c19-14-7-4-8-15(20)16(14)18(9-10-18)12-21-17(22)23-11-13-5-2-1-3-6-13/h1-8H,9-12H2,(H,21,22). The molecule has 0 heterocycles. The molecule has 0 radical (unpaired) electrons. The van der Waals surface area contributed by atoms with Crippen LogP contribution in [-0.4, -0.2) is 12.6 Å². The number of hydrogen-bond donors (Lipinski definition) is 1. The number of rotatable bonds is 5. The summed E-state index contributed by atoms with van der Waals surface area (Å²) in [5.41, 5.74) is 0.286. The van der Waals surface area contributed by atoms with Crippen molar-refractivity contribution in [3.63, 3.8) is 0 Å². The molecular formula is C18H17F2NO2. The number of benzene rings is 2. The van der Waals surface area contributed by atoms with E-state index in [2.05, 4.69) is 5.32 Å². The third-order valence-electron chi connectivity index (χ3n) is 4.13. The van der Waals surface area contributed by atoms with Gasteiger partial charge in [0.25, 0.3) is 0 Å². The Labute approximate surface area is 133 Å². The second kappa shape index (κ2) is 6.36. The zero-order valence-corrected chi connectivity index (χ0v) is 12.5. The summed E-state index contributed by atoms with van der Waals surface area (Å²) in [5, 5.41) is 2.61. The summed E-state index contributed by atoms with van der Waals surface area (Å²) in [5.74, 6) is -1.14. The van der Waals surface area contributed by atoms with Crippen molar-refractivity contribution in [2.75, 3.05) is 6.54 Å². The molecule has 120 valence electrons. The number of amides is 1. The summed E-state index contributed by atoms with van der Waals surface area (Å²) in [4.78, 5) is 11.8. The van der Waals surface area contributed by atoms with Crippen LogP contribution in [0.3, 0.4) is 0 Å². The molecule has 5 heteroatoms. The lowest BCUT2D eigenvalue weighted by molar-refractivity contribution is 0.138. The van der Waals surface area contributed by atoms with E-state index in [1.54, 1.807) is 0 Å². The van der Waals surface area contributed by atoms with Crippen LogP contribution in [0.5, 0.6) is 0 Å². The summed E-state index contributed by atoms with van der Waals surface area (Å²) in [7, 11) is 0. The molecule has 0 aliphatic heterocycles. The zero-order chi connectivity index (χ0) is 16.3. The molecule has 1 N–H and O–H groups in total. The summed E-state index contributed by atoms with van der Waals surface area (Å²) in [6.45, 7) is 0.326. The first-order valence-corrected chi connectivity index (χ1v) is 7.50. The van der Waals surface area contributed by atoms with Gasteiger partial charge in [-0.25, -0.2) is 13.6 Å². The van der Waals surface area contributed by atoms with Crippen LogP contribution in [-0.2, 0) is 16.8 Å². The molecule has 0 aromatic heterocycles. The van der Waals surface area contributed by atoms with Crippen molar-refractivity contribution in [2.24, 2.45) is 0 Å². The molecule has 3 rings (SSSR count). The molecule has 2 aromatic rings. The van der Waals surface area contributed by atoms with Crippen LogP contribution < -0.4 is 5.32 Å². The minimum atomic E-state index is -0.652. The Morgan fingerprint density at radius 2 is 1.70 bits per heavy atom. The number of halogens is 2. The fourth-order valence-corrected chi connectivity index (χ4v) is 2.69. The number of alkyl carbamates (subject to hydrolysis) is 1. The number of nitrogens with one attached hydrogen (secondary N) is 1. The van der Waals surface area contributed by atoms with E-state index in [0.717, 1.165) is 5.56 Å². The zero-order valence-electron chi connectivity index (χ0n) is 12.5. The number of ether oxygens (including phenoxy) is 1. The molecule has 0 unspecified atom stereocenters. The van der Waals surface area contributed by atoms with Gasteiger partial charge in [-0.3, -0.25) is 0 Å². The Morgan fingerprint density at radius 3 is 2.30 bits per heavy atom. The van der Waals surface area contributed by atoms with Gasteiger partial charge in [-0.1, -0.05) is 36.4 Å². The van der Waals surface area contributed by atoms with Gasteiger partial charge in [0.2, 0.25) is 0 Å². The van der Waals surface area contributed by atoms with Crippen LogP contribution >= 0.6 is 0 Å². The average Bonchev–Trinajstić information content (AvgIpc) is 3.33. The average molecular weight is 317 g/mol. The third kappa shape index (κ3) is 3.50. The number of carbonyl (C=O) groups excluding carboxylic acids is 1. The van der Waals surface area contributed by atoms with Crippen LogP contribution in [0.4, 0.5) is 13.6 Å². The van der Waals surface area contributed by atoms with Gasteiger partial charge >= 0.3 is 6.09 Å². The smallest absolute Gasteiger partial charge is 0.407 e. The molecule has 3 nitrogen and oxygen atoms in total. The SMILES string of the molecule is O=C(NCC1(c2c(F)cccc2F)CC1)OCc1ccccc1. The molecule has 0 atom stereocenters. The van der Waals surface area contributed by atoms with E-state index >= 15 is 0 Å². The normalized spacial score (nSPS) is 15.0. The molecule has 0 saturated heterocycles. The Balaban J connectivity index is 1.57. The van der Waals surface area contributed by atoms with Gasteiger partial charge in [0.1, 0.15) is 18.2 Å². The first-order valence-electron chi connectivity index (χ1n) is 7.50. The second-order valence-electron chi connectivity index (χ2n) is 5.79. The van der Waals surface area contributed by atoms with Crippen molar-refractivity contribution >= 4 is 6.09 Å². The summed E-state index contributed by atoms with van der Waals surface area (Å²) in [6, 6.07) is 13.1. The van der Waals surface area contributed by atoms with Crippen molar-refractivity contribution < 1.29 is 18.3 Å². The molecule has 1 aliphatic carbocycles. The van der Waals surface area contributed by atoms with Crippen molar-refractivity contribution in [1.82, 2.24) is 5.32 Å². The van der Waals surface area contributed by atoms with E-state index in [-0.39, 0.29) is 18.7 Å². The summed E-state index contributed by atoms with van der Waals surface area (Å²) >= 11 is 0. The van der Waals surface area contributed by atoms with Crippen molar-refractivity contribution in [3.8, 4) is 0 Å². The van der Waals surface area contributed by atoms with Crippen molar-refractivity contribution in [3.05, 3.63) is 71.3 Å². The van der Waals surface area contributed by atoms with Crippen molar-refractivity contribution in [1.29, 1.82) is 0 Å². The van der Waals surface area contributed by atoms with Gasteiger partial charge in [-0.2, -0.15) is 0 Å². The maximum Gasteiger partial charge on any atom is 0.407 e. The second-order valence-corrected chi connectivity index (χ2v) is 5.79. The number of hydrogen-bond acceptors (Lipinski definition) is 2. The molecule has 0 bridgehead atoms. The van der Waals surface area contributed by atoms with E-state index in [9.17, 15) is 13.6 Å². The highest BCUT2D eigenvalue weighted by molar-refractivity contribution is 5.67. The molecule has 1 saturated carbocycles. The topological polar surface area (TPSA) is 38.3 Å². The van der Waals surface area contributed by atoms with Crippen molar-refractivity contribution in [2.45, 2.75) is 24.9 Å². The molecule has 1 fully saturated rings. The molecule has 0 spiro atoms. The van der Waals surface area contributed by atoms with Crippen LogP contribution in [0.15, 0.2) is 48.5 Å². The molecule has 1 aliphatic rings. The van der Waals surface area contributed by atoms with Gasteiger partial charge in [0, 0.05) is 17.5 Å². The quantitative estimate of drug-likeness (QED) is 0.907. The minimum Gasteiger partial charge on any atom is -0.445 e. The number of carbonyl (C=O) groups is 1. The highest BCUT2D eigenvalue weighted by Crippen LogP contribution is 2.49. The Kier molecular flexibility index (Phi) is 4.28. The van der Waals surface area contributed by atoms with Crippen LogP contribution in [0, 0.1) is 11.6 Å². The third-order valence-corrected chi connectivity index (χ3v) is 4.13. The highest BCUT2D eigenvalue weighted by Gasteiger charge is 2.48. The Hall–Kier alpha value is -2.43. The van der Waals surface area contributed by atoms with Gasteiger partial charge in [0.05, 0.1) is 0 Å². The van der Waals surface area contributed by atoms with Gasteiger partial charge in [-0.15, -0.1) is 0 Å². The molecule has 23 heavy (non-hydrogen) atoms. The minimum absolute atomic E-state index is 0.0587. The van der Waals surface area contributed by atoms with E-state index in [1.165, 1.54) is 18.2 Å². The maximum atomic E-state index is 13.9. The monoisotopic (exact) mass is 317 g/mol. The summed E-state index contributed by atoms with van der Waals surface area (Å²) in [6.07, 6.45) is 0.699. The molecule has 2 aromatic carbocycles. The van der Waals surface area contributed by atoms with Crippen LogP contribution in [0.25, 0.3) is 0 Å². The first-order chi connectivity index (χ1) is 11.1. The van der Waals surface area contributed by atoms with Crippen LogP contribution in [0.2, 0.25) is 0 Å². The van der Waals surface area contributed by atoms with Gasteiger partial charge < -0.3 is 10.1 Å². The van der Waals surface area contributed by atoms with Gasteiger partial charge in [0.15, 0.2) is 0 Å². The molecular weight excluding hydrogens is 300 g/mol. The largest absolute Gasteiger partial charge is 0.445 e. The van der Waals surface area contributed by atoms with Gasteiger partial charge in [-0.05, 0) is 30.5 Å². The summed E-state index contributed by atoms with van der Waals surface area (Å²) < 4.78 is 32.9. The predicted molar refractivity (Wildman–Crippen MR) is 81.9 cm³/mol. The Morgan fingerprint density at radius 1 is 1.04 bits per heavy atom. The van der Waals surface area contributed by atoms with E-state index in [0.29, 0.717) is 12.8 Å². The first kappa shape index (κ1) is 15.5. The lowest BCUT2D eigenvalue weighted by atomic mass is 9.95. The highest BCUT2D eigenvalue weighted by atomic mass is 19.1. The van der Waals surface area contributed by atoms with Crippen LogP contribution in [0.1, 0.15) is 24.0 Å². The Bertz CT molecular complexity index is 679. The van der Waals surface area contributed by atoms with E-state index in [1.807, 2.05) is 30.3 Å². The van der Waals surface area contributed by atoms with E-state index in [4.69, 9.17) is 4.74 Å². The lowest BCUT2D eigenvalue weighted by Crippen LogP contribution is -2.33. The fourth-order valence-electron chi connectivity index (χ4n) is 2.69. The fraction of sp³-hybridized carbons (Fsp3) is 0.278. The lowest BCUT2D eigenvalue weighted by Gasteiger charge is -2.18. The predicted octanol–water partition coefficient (Wildman–Crippen LogP) is 3.92.